The lowest BCUT2D eigenvalue weighted by molar-refractivity contribution is 0.187. The van der Waals surface area contributed by atoms with Crippen LogP contribution in [0, 0.1) is 6.92 Å². The van der Waals surface area contributed by atoms with Crippen LogP contribution >= 0.6 is 0 Å². The van der Waals surface area contributed by atoms with Crippen LogP contribution < -0.4 is 10.3 Å². The molecule has 1 aliphatic carbocycles. The van der Waals surface area contributed by atoms with Crippen molar-refractivity contribution in [1.29, 1.82) is 0 Å². The van der Waals surface area contributed by atoms with E-state index in [9.17, 15) is 4.79 Å². The predicted molar refractivity (Wildman–Crippen MR) is 109 cm³/mol. The first kappa shape index (κ1) is 17.9. The van der Waals surface area contributed by atoms with Gasteiger partial charge in [0.1, 0.15) is 11.6 Å². The molecule has 1 saturated heterocycles. The summed E-state index contributed by atoms with van der Waals surface area (Å²) < 4.78 is 6.10. The number of nitrogens with one attached hydrogen (secondary N) is 1. The highest BCUT2D eigenvalue weighted by molar-refractivity contribution is 5.29. The summed E-state index contributed by atoms with van der Waals surface area (Å²) in [4.78, 5) is 22.6. The van der Waals surface area contributed by atoms with Gasteiger partial charge < -0.3 is 9.72 Å². The molecule has 1 aromatic heterocycles. The van der Waals surface area contributed by atoms with E-state index in [4.69, 9.17) is 4.74 Å². The third-order valence-corrected chi connectivity index (χ3v) is 6.75. The van der Waals surface area contributed by atoms with Gasteiger partial charge in [-0.15, -0.1) is 0 Å². The molecule has 2 atom stereocenters. The number of aromatic amines is 1. The molecule has 0 unspecified atom stereocenters. The largest absolute Gasteiger partial charge is 0.490 e. The van der Waals surface area contributed by atoms with Crippen molar-refractivity contribution in [2.45, 2.75) is 83.0 Å². The number of nitrogens with zero attached hydrogens (tertiary/aromatic N) is 2. The molecule has 5 nitrogen and oxygen atoms in total. The second kappa shape index (κ2) is 7.36. The molecule has 0 amide bonds. The van der Waals surface area contributed by atoms with Gasteiger partial charge in [0, 0.05) is 30.6 Å². The van der Waals surface area contributed by atoms with Crippen LogP contribution in [0.3, 0.4) is 0 Å². The Morgan fingerprint density at radius 2 is 1.79 bits per heavy atom. The van der Waals surface area contributed by atoms with Crippen LogP contribution in [0.5, 0.6) is 5.75 Å². The quantitative estimate of drug-likeness (QED) is 0.883. The van der Waals surface area contributed by atoms with Crippen LogP contribution in [-0.4, -0.2) is 33.1 Å². The van der Waals surface area contributed by atoms with Gasteiger partial charge in [-0.1, -0.05) is 12.1 Å². The molecule has 2 aliphatic heterocycles. The van der Waals surface area contributed by atoms with E-state index in [0.29, 0.717) is 18.2 Å². The average molecular weight is 380 g/mol. The summed E-state index contributed by atoms with van der Waals surface area (Å²) in [7, 11) is 0. The lowest BCUT2D eigenvalue weighted by Crippen LogP contribution is -2.36. The minimum Gasteiger partial charge on any atom is -0.490 e. The first-order valence-electron chi connectivity index (χ1n) is 10.8. The molecule has 5 heteroatoms. The van der Waals surface area contributed by atoms with Gasteiger partial charge in [-0.3, -0.25) is 9.69 Å². The molecule has 1 saturated carbocycles. The molecule has 1 aromatic carbocycles. The van der Waals surface area contributed by atoms with Crippen molar-refractivity contribution in [3.8, 4) is 5.75 Å². The Kier molecular flexibility index (Phi) is 4.71. The predicted octanol–water partition coefficient (Wildman–Crippen LogP) is 3.53. The normalized spacial score (nSPS) is 24.9. The van der Waals surface area contributed by atoms with Crippen molar-refractivity contribution in [3.05, 3.63) is 57.3 Å². The number of benzene rings is 1. The number of aromatic nitrogens is 2. The van der Waals surface area contributed by atoms with Crippen molar-refractivity contribution >= 4 is 0 Å². The van der Waals surface area contributed by atoms with E-state index in [1.807, 2.05) is 6.92 Å². The minimum absolute atomic E-state index is 0.0587. The Morgan fingerprint density at radius 1 is 1.07 bits per heavy atom. The molecule has 3 aliphatic rings. The van der Waals surface area contributed by atoms with Crippen molar-refractivity contribution in [2.24, 2.45) is 0 Å². The van der Waals surface area contributed by atoms with E-state index in [-0.39, 0.29) is 5.56 Å². The van der Waals surface area contributed by atoms with E-state index in [2.05, 4.69) is 39.1 Å². The summed E-state index contributed by atoms with van der Waals surface area (Å²) in [6, 6.07) is 9.57. The van der Waals surface area contributed by atoms with E-state index >= 15 is 0 Å². The second-order valence-electron chi connectivity index (χ2n) is 8.71. The summed E-state index contributed by atoms with van der Waals surface area (Å²) in [5.74, 6) is 1.72. The zero-order valence-electron chi connectivity index (χ0n) is 16.6. The molecule has 0 spiro atoms. The topological polar surface area (TPSA) is 58.2 Å². The molecular weight excluding hydrogens is 350 g/mol. The second-order valence-corrected chi connectivity index (χ2v) is 8.71. The van der Waals surface area contributed by atoms with Gasteiger partial charge in [0.05, 0.1) is 11.8 Å². The fourth-order valence-electron chi connectivity index (χ4n) is 5.30. The molecule has 1 N–H and O–H groups in total. The Labute approximate surface area is 166 Å². The Balaban J connectivity index is 1.31. The van der Waals surface area contributed by atoms with Crippen molar-refractivity contribution < 1.29 is 4.74 Å². The Hall–Kier alpha value is -2.14. The molecule has 5 rings (SSSR count). The van der Waals surface area contributed by atoms with Gasteiger partial charge in [-0.2, -0.15) is 0 Å². The first-order chi connectivity index (χ1) is 13.7. The van der Waals surface area contributed by atoms with Crippen molar-refractivity contribution in [1.82, 2.24) is 14.9 Å². The standard InChI is InChI=1S/C23H29N3O2/c1-15-24-22-13-18-9-8-17(12-21(22)23(27)25-15)26(18)14-16-6-10-20(11-7-16)28-19-4-2-3-5-19/h6-7,10-11,17-19H,2-5,8-9,12-14H2,1H3,(H,24,25,27)/t17-,18+/m0/s1. The summed E-state index contributed by atoms with van der Waals surface area (Å²) in [5.41, 5.74) is 3.30. The summed E-state index contributed by atoms with van der Waals surface area (Å²) in [6.45, 7) is 2.81. The fraction of sp³-hybridized carbons (Fsp3) is 0.565. The summed E-state index contributed by atoms with van der Waals surface area (Å²) >= 11 is 0. The van der Waals surface area contributed by atoms with Gasteiger partial charge >= 0.3 is 0 Å². The van der Waals surface area contributed by atoms with Gasteiger partial charge in [-0.05, 0) is 69.6 Å². The Bertz CT molecular complexity index is 899. The molecular formula is C23H29N3O2. The van der Waals surface area contributed by atoms with Gasteiger partial charge in [0.2, 0.25) is 0 Å². The average Bonchev–Trinajstić information content (AvgIpc) is 3.26. The molecule has 148 valence electrons. The fourth-order valence-corrected chi connectivity index (χ4v) is 5.30. The lowest BCUT2D eigenvalue weighted by atomic mass is 9.98. The number of ether oxygens (including phenoxy) is 1. The van der Waals surface area contributed by atoms with Crippen LogP contribution in [0.1, 0.15) is 61.2 Å². The first-order valence-corrected chi connectivity index (χ1v) is 10.8. The summed E-state index contributed by atoms with van der Waals surface area (Å²) in [6.07, 6.45) is 9.43. The zero-order valence-corrected chi connectivity index (χ0v) is 16.6. The molecule has 28 heavy (non-hydrogen) atoms. The monoisotopic (exact) mass is 379 g/mol. The van der Waals surface area contributed by atoms with Crippen LogP contribution in [0.4, 0.5) is 0 Å². The van der Waals surface area contributed by atoms with Crippen molar-refractivity contribution in [2.75, 3.05) is 0 Å². The Morgan fingerprint density at radius 3 is 2.54 bits per heavy atom. The van der Waals surface area contributed by atoms with E-state index in [1.54, 1.807) is 0 Å². The molecule has 0 radical (unpaired) electrons. The van der Waals surface area contributed by atoms with Crippen LogP contribution in [-0.2, 0) is 19.4 Å². The van der Waals surface area contributed by atoms with E-state index < -0.39 is 0 Å². The maximum Gasteiger partial charge on any atom is 0.254 e. The number of rotatable bonds is 4. The highest BCUT2D eigenvalue weighted by Crippen LogP contribution is 2.34. The van der Waals surface area contributed by atoms with Crippen LogP contribution in [0.15, 0.2) is 29.1 Å². The number of hydrogen-bond acceptors (Lipinski definition) is 4. The van der Waals surface area contributed by atoms with E-state index in [0.717, 1.165) is 42.2 Å². The molecule has 3 heterocycles. The van der Waals surface area contributed by atoms with E-state index in [1.165, 1.54) is 44.1 Å². The zero-order chi connectivity index (χ0) is 19.1. The smallest absolute Gasteiger partial charge is 0.254 e. The number of aryl methyl sites for hydroxylation is 1. The number of H-pyrrole nitrogens is 1. The minimum atomic E-state index is 0.0587. The van der Waals surface area contributed by atoms with Gasteiger partial charge in [-0.25, -0.2) is 4.98 Å². The molecule has 2 aromatic rings. The lowest BCUT2D eigenvalue weighted by Gasteiger charge is -2.28. The summed E-state index contributed by atoms with van der Waals surface area (Å²) in [5, 5.41) is 0. The van der Waals surface area contributed by atoms with Crippen LogP contribution in [0.25, 0.3) is 0 Å². The molecule has 2 fully saturated rings. The maximum atomic E-state index is 12.4. The maximum absolute atomic E-state index is 12.4. The van der Waals surface area contributed by atoms with Crippen LogP contribution in [0.2, 0.25) is 0 Å². The third kappa shape index (κ3) is 3.48. The highest BCUT2D eigenvalue weighted by Gasteiger charge is 2.38. The molecule has 2 bridgehead atoms. The third-order valence-electron chi connectivity index (χ3n) is 6.75. The number of hydrogen-bond donors (Lipinski definition) is 1. The van der Waals surface area contributed by atoms with Gasteiger partial charge in [0.25, 0.3) is 5.56 Å². The highest BCUT2D eigenvalue weighted by atomic mass is 16.5. The SMILES string of the molecule is Cc1nc2c(c(=O)[nH]1)C[C@@H]1CC[C@H](C2)N1Cc1ccc(OC2CCCC2)cc1. The van der Waals surface area contributed by atoms with Gasteiger partial charge in [0.15, 0.2) is 0 Å². The van der Waals surface area contributed by atoms with Crippen molar-refractivity contribution in [3.63, 3.8) is 0 Å². The number of fused-ring (bicyclic) bond motifs is 3.